The third-order valence-corrected chi connectivity index (χ3v) is 10.8. The van der Waals surface area contributed by atoms with Gasteiger partial charge in [-0.15, -0.1) is 0 Å². The molecule has 0 saturated carbocycles. The van der Waals surface area contributed by atoms with Crippen molar-refractivity contribution in [2.24, 2.45) is 0 Å². The zero-order valence-corrected chi connectivity index (χ0v) is 23.3. The molecule has 0 N–H and O–H groups in total. The molecule has 0 amide bonds. The van der Waals surface area contributed by atoms with E-state index in [1.54, 1.807) is 0 Å². The fourth-order valence-corrected chi connectivity index (χ4v) is 7.54. The Balaban J connectivity index is 3.53. The van der Waals surface area contributed by atoms with Gasteiger partial charge in [-0.05, 0) is 12.1 Å². The molecule has 0 bridgehead atoms. The first kappa shape index (κ1) is 31.1. The third-order valence-electron chi connectivity index (χ3n) is 7.07. The first-order valence-corrected chi connectivity index (χ1v) is 16.6. The normalized spacial score (nSPS) is 12.0. The molecule has 0 saturated heterocycles. The molecular weight excluding hydrogens is 396 g/mol. The van der Waals surface area contributed by atoms with Crippen LogP contribution in [0.5, 0.6) is 0 Å². The van der Waals surface area contributed by atoms with E-state index >= 15 is 0 Å². The van der Waals surface area contributed by atoms with Crippen LogP contribution in [0.4, 0.5) is 0 Å². The van der Waals surface area contributed by atoms with Gasteiger partial charge in [0.2, 0.25) is 0 Å². The molecule has 3 heteroatoms. The molecule has 0 fully saturated rings. The van der Waals surface area contributed by atoms with E-state index in [0.29, 0.717) is 0 Å². The summed E-state index contributed by atoms with van der Waals surface area (Å²) in [5, 5.41) is 0. The summed E-state index contributed by atoms with van der Waals surface area (Å²) in [6, 6.07) is 2.38. The predicted octanol–water partition coefficient (Wildman–Crippen LogP) is 10.3. The molecule has 0 aromatic rings. The van der Waals surface area contributed by atoms with Crippen LogP contribution in [0.2, 0.25) is 12.1 Å². The highest BCUT2D eigenvalue weighted by Gasteiger charge is 2.33. The molecule has 0 radical (unpaired) electrons. The molecule has 0 aliphatic rings. The highest BCUT2D eigenvalue weighted by Crippen LogP contribution is 2.25. The van der Waals surface area contributed by atoms with Gasteiger partial charge in [0.15, 0.2) is 0 Å². The summed E-state index contributed by atoms with van der Waals surface area (Å²) in [5.74, 6) is 0. The summed E-state index contributed by atoms with van der Waals surface area (Å²) >= 11 is 0. The minimum absolute atomic E-state index is 1.19. The van der Waals surface area contributed by atoms with Crippen LogP contribution < -0.4 is 0 Å². The minimum atomic E-state index is -1.92. The standard InChI is InChI=1S/C28H60O2Si/c1-5-7-9-11-13-14-15-16-17-18-19-20-22-24-26-28-31(29-3,30-4)27-25-23-21-12-10-8-6-2/h5-28H2,1-4H3. The Labute approximate surface area is 198 Å². The molecule has 0 aromatic heterocycles. The monoisotopic (exact) mass is 456 g/mol. The van der Waals surface area contributed by atoms with Crippen molar-refractivity contribution in [2.75, 3.05) is 14.2 Å². The molecule has 0 spiro atoms. The Morgan fingerprint density at radius 2 is 0.581 bits per heavy atom. The van der Waals surface area contributed by atoms with Gasteiger partial charge in [0.25, 0.3) is 0 Å². The van der Waals surface area contributed by atoms with Gasteiger partial charge in [-0.3, -0.25) is 0 Å². The van der Waals surface area contributed by atoms with Gasteiger partial charge in [-0.1, -0.05) is 155 Å². The molecule has 188 valence electrons. The maximum atomic E-state index is 5.97. The average Bonchev–Trinajstić information content (AvgIpc) is 2.79. The summed E-state index contributed by atoms with van der Waals surface area (Å²) < 4.78 is 11.9. The summed E-state index contributed by atoms with van der Waals surface area (Å²) in [4.78, 5) is 0. The van der Waals surface area contributed by atoms with E-state index in [1.807, 2.05) is 14.2 Å². The van der Waals surface area contributed by atoms with Gasteiger partial charge in [-0.25, -0.2) is 0 Å². The van der Waals surface area contributed by atoms with E-state index < -0.39 is 8.56 Å². The summed E-state index contributed by atoms with van der Waals surface area (Å²) in [6.45, 7) is 4.58. The van der Waals surface area contributed by atoms with Gasteiger partial charge in [0.05, 0.1) is 0 Å². The number of hydrogen-bond donors (Lipinski definition) is 0. The number of rotatable bonds is 26. The molecule has 31 heavy (non-hydrogen) atoms. The van der Waals surface area contributed by atoms with E-state index in [2.05, 4.69) is 13.8 Å². The second kappa shape index (κ2) is 24.8. The van der Waals surface area contributed by atoms with Crippen LogP contribution in [-0.4, -0.2) is 22.8 Å². The van der Waals surface area contributed by atoms with Crippen molar-refractivity contribution in [1.82, 2.24) is 0 Å². The Morgan fingerprint density at radius 3 is 0.806 bits per heavy atom. The lowest BCUT2D eigenvalue weighted by Gasteiger charge is -2.27. The van der Waals surface area contributed by atoms with Gasteiger partial charge >= 0.3 is 8.56 Å². The van der Waals surface area contributed by atoms with E-state index in [-0.39, 0.29) is 0 Å². The Bertz CT molecular complexity index is 331. The SMILES string of the molecule is CCCCCCCCCCCCCCCCC[Si](CCCCCCCCC)(OC)OC. The second-order valence-electron chi connectivity index (χ2n) is 9.89. The Morgan fingerprint density at radius 1 is 0.355 bits per heavy atom. The fourth-order valence-electron chi connectivity index (χ4n) is 4.73. The molecule has 2 nitrogen and oxygen atoms in total. The number of hydrogen-bond acceptors (Lipinski definition) is 2. The van der Waals surface area contributed by atoms with Gasteiger partial charge < -0.3 is 8.85 Å². The molecule has 0 atom stereocenters. The van der Waals surface area contributed by atoms with E-state index in [4.69, 9.17) is 8.85 Å². The maximum absolute atomic E-state index is 5.97. The van der Waals surface area contributed by atoms with Crippen LogP contribution in [0.1, 0.15) is 155 Å². The molecular formula is C28H60O2Si. The third kappa shape index (κ3) is 20.5. The Kier molecular flexibility index (Phi) is 24.9. The average molecular weight is 457 g/mol. The van der Waals surface area contributed by atoms with Crippen molar-refractivity contribution in [2.45, 2.75) is 167 Å². The van der Waals surface area contributed by atoms with E-state index in [1.165, 1.54) is 153 Å². The second-order valence-corrected chi connectivity index (χ2v) is 13.5. The van der Waals surface area contributed by atoms with Crippen LogP contribution in [0.25, 0.3) is 0 Å². The lowest BCUT2D eigenvalue weighted by molar-refractivity contribution is 0.238. The van der Waals surface area contributed by atoms with Crippen LogP contribution in [0.15, 0.2) is 0 Å². The van der Waals surface area contributed by atoms with Gasteiger partial charge in [0.1, 0.15) is 0 Å². The summed E-state index contributed by atoms with van der Waals surface area (Å²) in [7, 11) is 1.86. The zero-order chi connectivity index (χ0) is 22.9. The van der Waals surface area contributed by atoms with Crippen LogP contribution in [-0.2, 0) is 8.85 Å². The van der Waals surface area contributed by atoms with Gasteiger partial charge in [-0.2, -0.15) is 0 Å². The first-order chi connectivity index (χ1) is 15.2. The first-order valence-electron chi connectivity index (χ1n) is 14.3. The van der Waals surface area contributed by atoms with Crippen molar-refractivity contribution in [1.29, 1.82) is 0 Å². The number of unbranched alkanes of at least 4 members (excludes halogenated alkanes) is 20. The van der Waals surface area contributed by atoms with Crippen molar-refractivity contribution in [3.63, 3.8) is 0 Å². The lowest BCUT2D eigenvalue weighted by atomic mass is 10.0. The van der Waals surface area contributed by atoms with Crippen molar-refractivity contribution < 1.29 is 8.85 Å². The van der Waals surface area contributed by atoms with Crippen molar-refractivity contribution in [3.8, 4) is 0 Å². The van der Waals surface area contributed by atoms with E-state index in [0.717, 1.165) is 0 Å². The topological polar surface area (TPSA) is 18.5 Å². The van der Waals surface area contributed by atoms with E-state index in [9.17, 15) is 0 Å². The largest absolute Gasteiger partial charge is 0.398 e. The molecule has 0 aliphatic heterocycles. The fraction of sp³-hybridized carbons (Fsp3) is 1.00. The molecule has 0 heterocycles. The molecule has 0 aromatic carbocycles. The minimum Gasteiger partial charge on any atom is -0.398 e. The zero-order valence-electron chi connectivity index (χ0n) is 22.3. The van der Waals surface area contributed by atoms with Crippen LogP contribution in [0.3, 0.4) is 0 Å². The van der Waals surface area contributed by atoms with Crippen molar-refractivity contribution >= 4 is 8.56 Å². The van der Waals surface area contributed by atoms with Crippen LogP contribution in [0, 0.1) is 0 Å². The Hall–Kier alpha value is 0.137. The molecule has 0 rings (SSSR count). The van der Waals surface area contributed by atoms with Gasteiger partial charge in [0, 0.05) is 14.2 Å². The highest BCUT2D eigenvalue weighted by molar-refractivity contribution is 6.67. The lowest BCUT2D eigenvalue weighted by Crippen LogP contribution is -2.39. The molecule has 0 unspecified atom stereocenters. The highest BCUT2D eigenvalue weighted by atomic mass is 28.4. The maximum Gasteiger partial charge on any atom is 0.337 e. The summed E-state index contributed by atoms with van der Waals surface area (Å²) in [5.41, 5.74) is 0. The van der Waals surface area contributed by atoms with Crippen molar-refractivity contribution in [3.05, 3.63) is 0 Å². The smallest absolute Gasteiger partial charge is 0.337 e. The quantitative estimate of drug-likeness (QED) is 0.0951. The van der Waals surface area contributed by atoms with Crippen LogP contribution >= 0.6 is 0 Å². The summed E-state index contributed by atoms with van der Waals surface area (Å²) in [6.07, 6.45) is 30.9. The predicted molar refractivity (Wildman–Crippen MR) is 142 cm³/mol. The molecule has 0 aliphatic carbocycles.